The molecule has 0 saturated heterocycles. The Morgan fingerprint density at radius 2 is 1.95 bits per heavy atom. The van der Waals surface area contributed by atoms with E-state index in [2.05, 4.69) is 10.5 Å². The fourth-order valence-corrected chi connectivity index (χ4v) is 2.25. The monoisotopic (exact) mass is 338 g/mol. The molecule has 0 aliphatic carbocycles. The highest BCUT2D eigenvalue weighted by Gasteiger charge is 2.10. The molecule has 22 heavy (non-hydrogen) atoms. The summed E-state index contributed by atoms with van der Waals surface area (Å²) in [5, 5.41) is 23.5. The van der Waals surface area contributed by atoms with Crippen LogP contribution in [0.3, 0.4) is 0 Å². The number of carbonyl (C=O) groups is 1. The first kappa shape index (κ1) is 16.1. The first-order valence-corrected chi connectivity index (χ1v) is 6.95. The third kappa shape index (κ3) is 3.69. The van der Waals surface area contributed by atoms with Gasteiger partial charge in [0.05, 0.1) is 16.8 Å². The van der Waals surface area contributed by atoms with Crippen LogP contribution in [0, 0.1) is 6.92 Å². The Hall–Kier alpha value is -2.24. The summed E-state index contributed by atoms with van der Waals surface area (Å²) in [6.07, 6.45) is 1.21. The molecule has 0 spiro atoms. The van der Waals surface area contributed by atoms with Crippen molar-refractivity contribution in [2.75, 3.05) is 0 Å². The number of hydrogen-bond donors (Lipinski definition) is 3. The van der Waals surface area contributed by atoms with E-state index in [-0.39, 0.29) is 27.6 Å². The molecule has 2 rings (SSSR count). The number of aromatic hydroxyl groups is 2. The van der Waals surface area contributed by atoms with Gasteiger partial charge in [-0.15, -0.1) is 0 Å². The van der Waals surface area contributed by atoms with Gasteiger partial charge in [0.1, 0.15) is 11.5 Å². The van der Waals surface area contributed by atoms with Gasteiger partial charge < -0.3 is 10.2 Å². The van der Waals surface area contributed by atoms with E-state index < -0.39 is 5.91 Å². The van der Waals surface area contributed by atoms with Gasteiger partial charge in [-0.1, -0.05) is 34.8 Å². The minimum absolute atomic E-state index is 0.0802. The molecule has 0 unspecified atom stereocenters. The van der Waals surface area contributed by atoms with Gasteiger partial charge in [-0.3, -0.25) is 4.79 Å². The maximum absolute atomic E-state index is 11.9. The molecule has 0 heterocycles. The van der Waals surface area contributed by atoms with E-state index in [1.54, 1.807) is 13.0 Å². The van der Waals surface area contributed by atoms with Crippen LogP contribution in [0.4, 0.5) is 0 Å². The number of aryl methyl sites for hydroxylation is 1. The summed E-state index contributed by atoms with van der Waals surface area (Å²) in [5.74, 6) is -0.917. The van der Waals surface area contributed by atoms with Crippen molar-refractivity contribution in [1.82, 2.24) is 5.43 Å². The number of phenolic OH excluding ortho intramolecular Hbond substituents is 2. The molecule has 0 bridgehead atoms. The molecule has 7 heteroatoms. The number of carbonyl (C=O) groups excluding carboxylic acids is 1. The number of rotatable bonds is 3. The van der Waals surface area contributed by atoms with Crippen molar-refractivity contribution in [2.24, 2.45) is 5.10 Å². The van der Waals surface area contributed by atoms with Crippen LogP contribution in [-0.4, -0.2) is 22.3 Å². The van der Waals surface area contributed by atoms with Crippen LogP contribution in [0.2, 0.25) is 10.0 Å². The Bertz CT molecular complexity index is 761. The summed E-state index contributed by atoms with van der Waals surface area (Å²) in [6.45, 7) is 1.80. The van der Waals surface area contributed by atoms with Gasteiger partial charge in [0, 0.05) is 10.6 Å². The van der Waals surface area contributed by atoms with E-state index in [9.17, 15) is 15.0 Å². The Kier molecular flexibility index (Phi) is 4.90. The van der Waals surface area contributed by atoms with E-state index in [0.29, 0.717) is 5.02 Å². The molecule has 2 aromatic rings. The smallest absolute Gasteiger partial charge is 0.275 e. The first-order valence-electron chi connectivity index (χ1n) is 6.19. The quantitative estimate of drug-likeness (QED) is 0.591. The summed E-state index contributed by atoms with van der Waals surface area (Å²) in [6, 6.07) is 7.48. The van der Waals surface area contributed by atoms with Crippen molar-refractivity contribution in [3.8, 4) is 11.5 Å². The third-order valence-electron chi connectivity index (χ3n) is 2.82. The third-order valence-corrected chi connectivity index (χ3v) is 3.33. The van der Waals surface area contributed by atoms with Crippen molar-refractivity contribution in [2.45, 2.75) is 6.92 Å². The van der Waals surface area contributed by atoms with E-state index in [1.807, 2.05) is 0 Å². The lowest BCUT2D eigenvalue weighted by molar-refractivity contribution is 0.0952. The van der Waals surface area contributed by atoms with Gasteiger partial charge in [0.2, 0.25) is 0 Å². The molecule has 5 nitrogen and oxygen atoms in total. The van der Waals surface area contributed by atoms with Gasteiger partial charge in [-0.2, -0.15) is 5.10 Å². The van der Waals surface area contributed by atoms with Gasteiger partial charge >= 0.3 is 0 Å². The van der Waals surface area contributed by atoms with Crippen LogP contribution < -0.4 is 5.43 Å². The van der Waals surface area contributed by atoms with Gasteiger partial charge in [-0.25, -0.2) is 5.43 Å². The van der Waals surface area contributed by atoms with E-state index >= 15 is 0 Å². The van der Waals surface area contributed by atoms with Crippen LogP contribution >= 0.6 is 23.2 Å². The standard InChI is InChI=1S/C15H12Cl2N2O3/c1-8-2-3-13(20)11(4-8)15(22)19-18-7-9-5-10(16)6-12(17)14(9)21/h2-7,20-21H,1H3,(H,19,22)/b18-7+. The van der Waals surface area contributed by atoms with Crippen LogP contribution in [-0.2, 0) is 0 Å². The molecular weight excluding hydrogens is 327 g/mol. The zero-order valence-electron chi connectivity index (χ0n) is 11.5. The number of nitrogens with zero attached hydrogens (tertiary/aromatic N) is 1. The highest BCUT2D eigenvalue weighted by atomic mass is 35.5. The van der Waals surface area contributed by atoms with E-state index in [4.69, 9.17) is 23.2 Å². The zero-order chi connectivity index (χ0) is 16.3. The van der Waals surface area contributed by atoms with Crippen molar-refractivity contribution < 1.29 is 15.0 Å². The highest BCUT2D eigenvalue weighted by molar-refractivity contribution is 6.36. The molecule has 0 radical (unpaired) electrons. The largest absolute Gasteiger partial charge is 0.507 e. The minimum Gasteiger partial charge on any atom is -0.507 e. The molecular formula is C15H12Cl2N2O3. The molecule has 1 amide bonds. The molecule has 0 aliphatic heterocycles. The van der Waals surface area contributed by atoms with Crippen LogP contribution in [0.25, 0.3) is 0 Å². The molecule has 0 fully saturated rings. The van der Waals surface area contributed by atoms with Crippen LogP contribution in [0.15, 0.2) is 35.4 Å². The number of benzene rings is 2. The minimum atomic E-state index is -0.579. The van der Waals surface area contributed by atoms with Crippen molar-refractivity contribution in [1.29, 1.82) is 0 Å². The maximum atomic E-state index is 11.9. The SMILES string of the molecule is Cc1ccc(O)c(C(=O)N/N=C/c2cc(Cl)cc(Cl)c2O)c1. The number of halogens is 2. The zero-order valence-corrected chi connectivity index (χ0v) is 13.0. The molecule has 2 aromatic carbocycles. The van der Waals surface area contributed by atoms with E-state index in [0.717, 1.165) is 5.56 Å². The summed E-state index contributed by atoms with van der Waals surface area (Å²) in [4.78, 5) is 11.9. The first-order chi connectivity index (χ1) is 10.4. The average molecular weight is 339 g/mol. The Labute approximate surface area is 136 Å². The molecule has 114 valence electrons. The van der Waals surface area contributed by atoms with Crippen molar-refractivity contribution in [3.63, 3.8) is 0 Å². The fraction of sp³-hybridized carbons (Fsp3) is 0.0667. The second kappa shape index (κ2) is 6.68. The summed E-state index contributed by atoms with van der Waals surface area (Å²) >= 11 is 11.6. The summed E-state index contributed by atoms with van der Waals surface area (Å²) < 4.78 is 0. The molecule has 3 N–H and O–H groups in total. The Morgan fingerprint density at radius 1 is 1.23 bits per heavy atom. The second-order valence-corrected chi connectivity index (χ2v) is 5.39. The topological polar surface area (TPSA) is 81.9 Å². The summed E-state index contributed by atoms with van der Waals surface area (Å²) in [5.41, 5.74) is 3.44. The van der Waals surface area contributed by atoms with Crippen LogP contribution in [0.5, 0.6) is 11.5 Å². The fourth-order valence-electron chi connectivity index (χ4n) is 1.74. The summed E-state index contributed by atoms with van der Waals surface area (Å²) in [7, 11) is 0. The Morgan fingerprint density at radius 3 is 2.68 bits per heavy atom. The highest BCUT2D eigenvalue weighted by Crippen LogP contribution is 2.29. The van der Waals surface area contributed by atoms with Crippen LogP contribution in [0.1, 0.15) is 21.5 Å². The van der Waals surface area contributed by atoms with E-state index in [1.165, 1.54) is 30.5 Å². The lowest BCUT2D eigenvalue weighted by atomic mass is 10.1. The van der Waals surface area contributed by atoms with Crippen molar-refractivity contribution in [3.05, 3.63) is 57.1 Å². The number of hydrazone groups is 1. The van der Waals surface area contributed by atoms with Crippen molar-refractivity contribution >= 4 is 35.3 Å². The number of nitrogens with one attached hydrogen (secondary N) is 1. The number of phenols is 2. The molecule has 0 saturated carbocycles. The lowest BCUT2D eigenvalue weighted by Gasteiger charge is -2.05. The number of hydrogen-bond acceptors (Lipinski definition) is 4. The lowest BCUT2D eigenvalue weighted by Crippen LogP contribution is -2.17. The molecule has 0 aromatic heterocycles. The predicted molar refractivity (Wildman–Crippen MR) is 86.0 cm³/mol. The average Bonchev–Trinajstić information content (AvgIpc) is 2.46. The second-order valence-electron chi connectivity index (χ2n) is 4.55. The van der Waals surface area contributed by atoms with Gasteiger partial charge in [0.15, 0.2) is 0 Å². The molecule has 0 aliphatic rings. The van der Waals surface area contributed by atoms with Gasteiger partial charge in [0.25, 0.3) is 5.91 Å². The normalized spacial score (nSPS) is 10.9. The maximum Gasteiger partial charge on any atom is 0.275 e. The Balaban J connectivity index is 2.16. The molecule has 0 atom stereocenters. The number of amides is 1. The predicted octanol–water partition coefficient (Wildman–Crippen LogP) is 3.48. The van der Waals surface area contributed by atoms with Gasteiger partial charge in [-0.05, 0) is 31.2 Å².